The SMILES string of the molecule is Nc1ccc(Nc2ccc(Br)cc2)cc1N. The minimum absolute atomic E-state index is 0.585. The lowest BCUT2D eigenvalue weighted by Crippen LogP contribution is -1.96. The van der Waals surface area contributed by atoms with Gasteiger partial charge in [-0.1, -0.05) is 15.9 Å². The summed E-state index contributed by atoms with van der Waals surface area (Å²) >= 11 is 3.39. The maximum atomic E-state index is 5.73. The minimum Gasteiger partial charge on any atom is -0.397 e. The molecule has 0 radical (unpaired) electrons. The van der Waals surface area contributed by atoms with Crippen LogP contribution in [0.15, 0.2) is 46.9 Å². The van der Waals surface area contributed by atoms with Crippen LogP contribution in [0.2, 0.25) is 0 Å². The second-order valence-corrected chi connectivity index (χ2v) is 4.39. The van der Waals surface area contributed by atoms with Crippen LogP contribution < -0.4 is 16.8 Å². The molecule has 16 heavy (non-hydrogen) atoms. The van der Waals surface area contributed by atoms with Gasteiger partial charge in [-0.2, -0.15) is 0 Å². The van der Waals surface area contributed by atoms with E-state index in [1.54, 1.807) is 6.07 Å². The van der Waals surface area contributed by atoms with E-state index >= 15 is 0 Å². The number of nitrogens with two attached hydrogens (primary N) is 2. The van der Waals surface area contributed by atoms with Crippen molar-refractivity contribution in [1.29, 1.82) is 0 Å². The Morgan fingerprint density at radius 2 is 1.44 bits per heavy atom. The molecule has 0 aromatic heterocycles. The van der Waals surface area contributed by atoms with Crippen LogP contribution in [0.1, 0.15) is 0 Å². The van der Waals surface area contributed by atoms with Crippen LogP contribution in [0.3, 0.4) is 0 Å². The third kappa shape index (κ3) is 2.46. The van der Waals surface area contributed by atoms with Gasteiger partial charge in [-0.15, -0.1) is 0 Å². The van der Waals surface area contributed by atoms with Gasteiger partial charge in [0.1, 0.15) is 0 Å². The third-order valence-electron chi connectivity index (χ3n) is 2.22. The largest absolute Gasteiger partial charge is 0.397 e. The molecule has 5 N–H and O–H groups in total. The average Bonchev–Trinajstić information content (AvgIpc) is 2.27. The lowest BCUT2D eigenvalue weighted by atomic mass is 10.2. The van der Waals surface area contributed by atoms with E-state index in [0.29, 0.717) is 11.4 Å². The normalized spacial score (nSPS) is 10.1. The molecule has 0 aliphatic heterocycles. The highest BCUT2D eigenvalue weighted by Gasteiger charge is 1.98. The minimum atomic E-state index is 0.585. The Kier molecular flexibility index (Phi) is 3.01. The van der Waals surface area contributed by atoms with Gasteiger partial charge in [0, 0.05) is 15.8 Å². The van der Waals surface area contributed by atoms with E-state index in [0.717, 1.165) is 15.8 Å². The van der Waals surface area contributed by atoms with Gasteiger partial charge in [-0.3, -0.25) is 0 Å². The summed E-state index contributed by atoms with van der Waals surface area (Å²) < 4.78 is 1.05. The molecule has 0 aliphatic rings. The summed E-state index contributed by atoms with van der Waals surface area (Å²) in [4.78, 5) is 0. The first-order valence-corrected chi connectivity index (χ1v) is 5.62. The van der Waals surface area contributed by atoms with Crippen molar-refractivity contribution < 1.29 is 0 Å². The zero-order valence-corrected chi connectivity index (χ0v) is 10.2. The Bertz CT molecular complexity index is 494. The molecular weight excluding hydrogens is 266 g/mol. The Morgan fingerprint density at radius 1 is 0.812 bits per heavy atom. The van der Waals surface area contributed by atoms with E-state index in [1.807, 2.05) is 36.4 Å². The molecule has 2 aromatic carbocycles. The smallest absolute Gasteiger partial charge is 0.0568 e. The van der Waals surface area contributed by atoms with E-state index in [4.69, 9.17) is 11.5 Å². The number of nitrogen functional groups attached to an aromatic ring is 2. The molecule has 0 atom stereocenters. The molecule has 0 heterocycles. The molecule has 0 unspecified atom stereocenters. The van der Waals surface area contributed by atoms with Gasteiger partial charge in [0.05, 0.1) is 11.4 Å². The summed E-state index contributed by atoms with van der Waals surface area (Å²) in [5, 5.41) is 3.24. The summed E-state index contributed by atoms with van der Waals surface area (Å²) in [6.07, 6.45) is 0. The van der Waals surface area contributed by atoms with Crippen LogP contribution in [-0.4, -0.2) is 0 Å². The maximum Gasteiger partial charge on any atom is 0.0568 e. The van der Waals surface area contributed by atoms with Crippen molar-refractivity contribution >= 4 is 38.7 Å². The highest BCUT2D eigenvalue weighted by atomic mass is 79.9. The van der Waals surface area contributed by atoms with E-state index in [-0.39, 0.29) is 0 Å². The van der Waals surface area contributed by atoms with Crippen molar-refractivity contribution in [2.45, 2.75) is 0 Å². The molecule has 4 heteroatoms. The fourth-order valence-corrected chi connectivity index (χ4v) is 1.62. The average molecular weight is 278 g/mol. The summed E-state index contributed by atoms with van der Waals surface area (Å²) in [5.41, 5.74) is 14.5. The number of hydrogen-bond acceptors (Lipinski definition) is 3. The lowest BCUT2D eigenvalue weighted by Gasteiger charge is -2.08. The van der Waals surface area contributed by atoms with Gasteiger partial charge in [-0.25, -0.2) is 0 Å². The maximum absolute atomic E-state index is 5.73. The van der Waals surface area contributed by atoms with Crippen LogP contribution in [-0.2, 0) is 0 Å². The molecule has 0 fully saturated rings. The van der Waals surface area contributed by atoms with Gasteiger partial charge in [0.2, 0.25) is 0 Å². The topological polar surface area (TPSA) is 64.1 Å². The summed E-state index contributed by atoms with van der Waals surface area (Å²) in [6.45, 7) is 0. The van der Waals surface area contributed by atoms with Gasteiger partial charge in [-0.05, 0) is 42.5 Å². The van der Waals surface area contributed by atoms with E-state index in [1.165, 1.54) is 0 Å². The summed E-state index contributed by atoms with van der Waals surface area (Å²) in [6, 6.07) is 13.4. The molecule has 0 aliphatic carbocycles. The van der Waals surface area contributed by atoms with Crippen molar-refractivity contribution in [3.63, 3.8) is 0 Å². The lowest BCUT2D eigenvalue weighted by molar-refractivity contribution is 1.53. The third-order valence-corrected chi connectivity index (χ3v) is 2.75. The van der Waals surface area contributed by atoms with E-state index < -0.39 is 0 Å². The molecule has 2 rings (SSSR count). The number of rotatable bonds is 2. The van der Waals surface area contributed by atoms with Crippen molar-refractivity contribution in [2.75, 3.05) is 16.8 Å². The fraction of sp³-hybridized carbons (Fsp3) is 0. The van der Waals surface area contributed by atoms with E-state index in [9.17, 15) is 0 Å². The highest BCUT2D eigenvalue weighted by molar-refractivity contribution is 9.10. The number of hydrogen-bond donors (Lipinski definition) is 3. The second-order valence-electron chi connectivity index (χ2n) is 3.48. The quantitative estimate of drug-likeness (QED) is 0.738. The Balaban J connectivity index is 2.20. The molecule has 0 bridgehead atoms. The van der Waals surface area contributed by atoms with Crippen LogP contribution in [0, 0.1) is 0 Å². The van der Waals surface area contributed by atoms with Gasteiger partial charge in [0.25, 0.3) is 0 Å². The number of benzene rings is 2. The van der Waals surface area contributed by atoms with Crippen LogP contribution in [0.5, 0.6) is 0 Å². The molecule has 2 aromatic rings. The Labute approximate surface area is 103 Å². The van der Waals surface area contributed by atoms with Crippen molar-refractivity contribution in [3.05, 3.63) is 46.9 Å². The van der Waals surface area contributed by atoms with Gasteiger partial charge in [0.15, 0.2) is 0 Å². The van der Waals surface area contributed by atoms with Crippen LogP contribution in [0.4, 0.5) is 22.7 Å². The molecule has 82 valence electrons. The van der Waals surface area contributed by atoms with Crippen molar-refractivity contribution in [1.82, 2.24) is 0 Å². The zero-order valence-electron chi connectivity index (χ0n) is 8.57. The number of nitrogens with one attached hydrogen (secondary N) is 1. The molecule has 0 saturated carbocycles. The first-order chi connectivity index (χ1) is 7.65. The molecular formula is C12H12BrN3. The van der Waals surface area contributed by atoms with Crippen molar-refractivity contribution in [3.8, 4) is 0 Å². The predicted octanol–water partition coefficient (Wildman–Crippen LogP) is 3.36. The molecule has 0 spiro atoms. The first kappa shape index (κ1) is 10.8. The molecule has 3 nitrogen and oxygen atoms in total. The standard InChI is InChI=1S/C12H12BrN3/c13-8-1-3-9(4-2-8)16-10-5-6-11(14)12(15)7-10/h1-7,16H,14-15H2. The second kappa shape index (κ2) is 4.45. The first-order valence-electron chi connectivity index (χ1n) is 4.83. The van der Waals surface area contributed by atoms with Gasteiger partial charge < -0.3 is 16.8 Å². The molecule has 0 saturated heterocycles. The van der Waals surface area contributed by atoms with Crippen molar-refractivity contribution in [2.24, 2.45) is 0 Å². The Hall–Kier alpha value is -1.68. The highest BCUT2D eigenvalue weighted by Crippen LogP contribution is 2.23. The number of halogens is 1. The van der Waals surface area contributed by atoms with E-state index in [2.05, 4.69) is 21.2 Å². The fourth-order valence-electron chi connectivity index (χ4n) is 1.35. The number of anilines is 4. The monoisotopic (exact) mass is 277 g/mol. The predicted molar refractivity (Wildman–Crippen MR) is 72.7 cm³/mol. The van der Waals surface area contributed by atoms with Crippen LogP contribution in [0.25, 0.3) is 0 Å². The zero-order chi connectivity index (χ0) is 11.5. The Morgan fingerprint density at radius 3 is 2.06 bits per heavy atom. The summed E-state index contributed by atoms with van der Waals surface area (Å²) in [7, 11) is 0. The molecule has 0 amide bonds. The van der Waals surface area contributed by atoms with Gasteiger partial charge >= 0.3 is 0 Å². The summed E-state index contributed by atoms with van der Waals surface area (Å²) in [5.74, 6) is 0. The van der Waals surface area contributed by atoms with Crippen LogP contribution >= 0.6 is 15.9 Å².